The molecule has 4 rings (SSSR count). The van der Waals surface area contributed by atoms with Gasteiger partial charge in [-0.2, -0.15) is 0 Å². The standard InChI is InChI=1S/C20H17N3/c1-4-13(2)18-19(21-3)14-9-5-7-11-16(14)23-17-12-8-6-10-15(17)22-20(18)23/h4-12H,3H2,1-2H3/b13-4-. The zero-order chi connectivity index (χ0) is 16.0. The van der Waals surface area contributed by atoms with E-state index in [9.17, 15) is 0 Å². The molecule has 0 saturated heterocycles. The minimum Gasteiger partial charge on any atom is -0.292 e. The molecule has 112 valence electrons. The number of pyridine rings is 1. The second-order valence-electron chi connectivity index (χ2n) is 5.63. The minimum absolute atomic E-state index is 0.902. The van der Waals surface area contributed by atoms with Crippen molar-refractivity contribution in [2.75, 3.05) is 0 Å². The first-order valence-electron chi connectivity index (χ1n) is 7.68. The lowest BCUT2D eigenvalue weighted by Gasteiger charge is -2.13. The van der Waals surface area contributed by atoms with E-state index in [0.717, 1.165) is 44.4 Å². The summed E-state index contributed by atoms with van der Waals surface area (Å²) >= 11 is 0. The fraction of sp³-hybridized carbons (Fsp3) is 0.100. The first kappa shape index (κ1) is 13.7. The summed E-state index contributed by atoms with van der Waals surface area (Å²) in [5.41, 5.74) is 7.24. The van der Waals surface area contributed by atoms with Crippen LogP contribution in [0.3, 0.4) is 0 Å². The van der Waals surface area contributed by atoms with Crippen molar-refractivity contribution in [3.8, 4) is 0 Å². The van der Waals surface area contributed by atoms with E-state index in [1.807, 2.05) is 37.3 Å². The maximum absolute atomic E-state index is 4.88. The predicted molar refractivity (Wildman–Crippen MR) is 98.7 cm³/mol. The van der Waals surface area contributed by atoms with Crippen LogP contribution in [0.5, 0.6) is 0 Å². The molecular weight excluding hydrogens is 282 g/mol. The number of hydrogen-bond acceptors (Lipinski definition) is 2. The number of allylic oxidation sites excluding steroid dienone is 2. The summed E-state index contributed by atoms with van der Waals surface area (Å²) in [6.45, 7) is 7.94. The predicted octanol–water partition coefficient (Wildman–Crippen LogP) is 5.40. The molecule has 0 saturated carbocycles. The van der Waals surface area contributed by atoms with E-state index in [-0.39, 0.29) is 0 Å². The van der Waals surface area contributed by atoms with E-state index in [1.165, 1.54) is 0 Å². The van der Waals surface area contributed by atoms with E-state index < -0.39 is 0 Å². The second-order valence-corrected chi connectivity index (χ2v) is 5.63. The molecule has 0 aliphatic heterocycles. The molecule has 0 radical (unpaired) electrons. The molecular formula is C20H17N3. The highest BCUT2D eigenvalue weighted by Gasteiger charge is 2.18. The van der Waals surface area contributed by atoms with E-state index in [4.69, 9.17) is 4.98 Å². The highest BCUT2D eigenvalue weighted by molar-refractivity contribution is 6.04. The maximum Gasteiger partial charge on any atom is 0.148 e. The molecule has 3 nitrogen and oxygen atoms in total. The van der Waals surface area contributed by atoms with Crippen molar-refractivity contribution < 1.29 is 0 Å². The Labute approximate surface area is 134 Å². The van der Waals surface area contributed by atoms with Gasteiger partial charge in [-0.05, 0) is 44.3 Å². The Morgan fingerprint density at radius 2 is 1.78 bits per heavy atom. The molecule has 0 amide bonds. The Hall–Kier alpha value is -2.94. The number of rotatable bonds is 2. The summed E-state index contributed by atoms with van der Waals surface area (Å²) in [6.07, 6.45) is 2.10. The van der Waals surface area contributed by atoms with Crippen LogP contribution in [-0.2, 0) is 0 Å². The average molecular weight is 299 g/mol. The first-order chi connectivity index (χ1) is 11.3. The zero-order valence-electron chi connectivity index (χ0n) is 13.2. The van der Waals surface area contributed by atoms with E-state index >= 15 is 0 Å². The largest absolute Gasteiger partial charge is 0.292 e. The number of aliphatic imine (C=N–C) groups is 1. The van der Waals surface area contributed by atoms with Crippen LogP contribution in [0, 0.1) is 0 Å². The number of imidazole rings is 1. The molecule has 2 aromatic heterocycles. The van der Waals surface area contributed by atoms with Gasteiger partial charge in [0.1, 0.15) is 5.65 Å². The van der Waals surface area contributed by atoms with Crippen LogP contribution >= 0.6 is 0 Å². The molecule has 3 heteroatoms. The Morgan fingerprint density at radius 3 is 2.52 bits per heavy atom. The molecule has 23 heavy (non-hydrogen) atoms. The number of hydrogen-bond donors (Lipinski definition) is 0. The van der Waals surface area contributed by atoms with Gasteiger partial charge < -0.3 is 0 Å². The van der Waals surface area contributed by atoms with Crippen molar-refractivity contribution in [1.29, 1.82) is 0 Å². The lowest BCUT2D eigenvalue weighted by atomic mass is 10.0. The maximum atomic E-state index is 4.88. The molecule has 0 atom stereocenters. The summed E-state index contributed by atoms with van der Waals surface area (Å²) in [6, 6.07) is 16.5. The van der Waals surface area contributed by atoms with E-state index in [0.29, 0.717) is 0 Å². The van der Waals surface area contributed by atoms with Crippen LogP contribution in [0.4, 0.5) is 5.69 Å². The Bertz CT molecular complexity index is 1100. The van der Waals surface area contributed by atoms with Crippen LogP contribution < -0.4 is 0 Å². The topological polar surface area (TPSA) is 29.7 Å². The number of aromatic nitrogens is 2. The third-order valence-electron chi connectivity index (χ3n) is 4.41. The van der Waals surface area contributed by atoms with Gasteiger partial charge >= 0.3 is 0 Å². The third-order valence-corrected chi connectivity index (χ3v) is 4.41. The van der Waals surface area contributed by atoms with Gasteiger partial charge in [-0.15, -0.1) is 0 Å². The number of para-hydroxylation sites is 3. The van der Waals surface area contributed by atoms with Crippen LogP contribution in [0.25, 0.3) is 33.2 Å². The number of benzene rings is 2. The lowest BCUT2D eigenvalue weighted by Crippen LogP contribution is -1.95. The minimum atomic E-state index is 0.902. The summed E-state index contributed by atoms with van der Waals surface area (Å²) in [4.78, 5) is 9.22. The van der Waals surface area contributed by atoms with Gasteiger partial charge in [-0.3, -0.25) is 9.39 Å². The fourth-order valence-corrected chi connectivity index (χ4v) is 3.22. The van der Waals surface area contributed by atoms with Crippen molar-refractivity contribution in [1.82, 2.24) is 9.38 Å². The van der Waals surface area contributed by atoms with Crippen molar-refractivity contribution >= 4 is 45.6 Å². The van der Waals surface area contributed by atoms with Crippen molar-refractivity contribution in [3.05, 3.63) is 60.2 Å². The average Bonchev–Trinajstić information content (AvgIpc) is 2.99. The summed E-state index contributed by atoms with van der Waals surface area (Å²) in [5.74, 6) is 0. The van der Waals surface area contributed by atoms with Gasteiger partial charge in [0, 0.05) is 10.9 Å². The second kappa shape index (κ2) is 5.06. The van der Waals surface area contributed by atoms with Crippen LogP contribution in [0.1, 0.15) is 19.4 Å². The Morgan fingerprint density at radius 1 is 1.09 bits per heavy atom. The van der Waals surface area contributed by atoms with Gasteiger partial charge in [-0.1, -0.05) is 36.4 Å². The van der Waals surface area contributed by atoms with Crippen molar-refractivity contribution in [2.45, 2.75) is 13.8 Å². The molecule has 0 bridgehead atoms. The molecule has 0 spiro atoms. The third kappa shape index (κ3) is 1.83. The van der Waals surface area contributed by atoms with Crippen molar-refractivity contribution in [2.24, 2.45) is 4.99 Å². The van der Waals surface area contributed by atoms with Gasteiger partial charge in [0.2, 0.25) is 0 Å². The summed E-state index contributed by atoms with van der Waals surface area (Å²) in [5, 5.41) is 1.09. The van der Waals surface area contributed by atoms with Crippen LogP contribution in [0.15, 0.2) is 59.6 Å². The molecule has 0 fully saturated rings. The number of fused-ring (bicyclic) bond motifs is 5. The molecule has 2 heterocycles. The Kier molecular flexibility index (Phi) is 3.01. The van der Waals surface area contributed by atoms with Gasteiger partial charge in [0.05, 0.1) is 22.2 Å². The zero-order valence-corrected chi connectivity index (χ0v) is 13.2. The first-order valence-corrected chi connectivity index (χ1v) is 7.68. The monoisotopic (exact) mass is 299 g/mol. The molecule has 0 aliphatic rings. The fourth-order valence-electron chi connectivity index (χ4n) is 3.22. The van der Waals surface area contributed by atoms with Gasteiger partial charge in [0.15, 0.2) is 0 Å². The van der Waals surface area contributed by atoms with Crippen LogP contribution in [0.2, 0.25) is 0 Å². The van der Waals surface area contributed by atoms with E-state index in [2.05, 4.69) is 47.3 Å². The molecule has 4 aromatic rings. The number of nitrogens with zero attached hydrogens (tertiary/aromatic N) is 3. The molecule has 0 aliphatic carbocycles. The van der Waals surface area contributed by atoms with Gasteiger partial charge in [-0.25, -0.2) is 4.98 Å². The smallest absolute Gasteiger partial charge is 0.148 e. The normalized spacial score (nSPS) is 12.3. The van der Waals surface area contributed by atoms with Gasteiger partial charge in [0.25, 0.3) is 0 Å². The molecule has 2 aromatic carbocycles. The van der Waals surface area contributed by atoms with E-state index in [1.54, 1.807) is 0 Å². The highest BCUT2D eigenvalue weighted by Crippen LogP contribution is 2.38. The van der Waals surface area contributed by atoms with Crippen molar-refractivity contribution in [3.63, 3.8) is 0 Å². The highest BCUT2D eigenvalue weighted by atomic mass is 15.0. The molecule has 0 unspecified atom stereocenters. The Balaban J connectivity index is 2.40. The van der Waals surface area contributed by atoms with Crippen LogP contribution in [-0.4, -0.2) is 16.1 Å². The summed E-state index contributed by atoms with van der Waals surface area (Å²) < 4.78 is 2.22. The molecule has 0 N–H and O–H groups in total. The SMILES string of the molecule is C=Nc1c(/C(C)=C\C)c2nc3ccccc3n2c2ccccc12. The summed E-state index contributed by atoms with van der Waals surface area (Å²) in [7, 11) is 0. The quantitative estimate of drug-likeness (QED) is 0.456. The lowest BCUT2D eigenvalue weighted by molar-refractivity contribution is 1.27.